The van der Waals surface area contributed by atoms with E-state index < -0.39 is 5.54 Å². The van der Waals surface area contributed by atoms with Gasteiger partial charge in [0.25, 0.3) is 5.91 Å². The molecule has 11 nitrogen and oxygen atoms in total. The molecule has 5 rings (SSSR count). The van der Waals surface area contributed by atoms with Gasteiger partial charge in [0.05, 0.1) is 17.8 Å². The van der Waals surface area contributed by atoms with Gasteiger partial charge in [-0.1, -0.05) is 12.1 Å². The predicted molar refractivity (Wildman–Crippen MR) is 137 cm³/mol. The summed E-state index contributed by atoms with van der Waals surface area (Å²) < 4.78 is 10.7. The Morgan fingerprint density at radius 3 is 2.65 bits per heavy atom. The molecule has 3 amide bonds. The van der Waals surface area contributed by atoms with Crippen molar-refractivity contribution in [2.24, 2.45) is 5.92 Å². The number of urea groups is 1. The number of H-pyrrole nitrogens is 1. The van der Waals surface area contributed by atoms with Gasteiger partial charge in [0.2, 0.25) is 0 Å². The summed E-state index contributed by atoms with van der Waals surface area (Å²) in [5.41, 5.74) is 1.28. The molecule has 0 bridgehead atoms. The second-order valence-electron chi connectivity index (χ2n) is 11.2. The van der Waals surface area contributed by atoms with Crippen LogP contribution in [0.15, 0.2) is 10.6 Å². The zero-order valence-corrected chi connectivity index (χ0v) is 22.5. The van der Waals surface area contributed by atoms with Crippen molar-refractivity contribution in [1.82, 2.24) is 30.1 Å². The Bertz CT molecular complexity index is 1140. The largest absolute Gasteiger partial charge is 0.381 e. The monoisotopic (exact) mass is 513 g/mol. The lowest BCUT2D eigenvalue weighted by molar-refractivity contribution is 0.00882. The summed E-state index contributed by atoms with van der Waals surface area (Å²) in [6.45, 7) is 15.0. The molecule has 2 atom stereocenters. The molecule has 2 aromatic rings. The normalized spacial score (nSPS) is 24.4. The van der Waals surface area contributed by atoms with E-state index in [1.54, 1.807) is 6.07 Å². The number of rotatable bonds is 5. The van der Waals surface area contributed by atoms with Gasteiger partial charge in [-0.05, 0) is 46.5 Å². The molecule has 1 unspecified atom stereocenters. The summed E-state index contributed by atoms with van der Waals surface area (Å²) >= 11 is 0. The predicted octanol–water partition coefficient (Wildman–Crippen LogP) is 3.20. The van der Waals surface area contributed by atoms with E-state index in [9.17, 15) is 9.59 Å². The van der Waals surface area contributed by atoms with Crippen LogP contribution in [0.4, 0.5) is 10.6 Å². The highest BCUT2D eigenvalue weighted by molar-refractivity contribution is 6.02. The molecule has 2 fully saturated rings. The zero-order chi connectivity index (χ0) is 26.3. The van der Waals surface area contributed by atoms with Crippen LogP contribution in [-0.4, -0.2) is 86.9 Å². The number of piperazine rings is 1. The van der Waals surface area contributed by atoms with Crippen LogP contribution in [0.5, 0.6) is 0 Å². The average molecular weight is 514 g/mol. The van der Waals surface area contributed by atoms with Crippen molar-refractivity contribution < 1.29 is 18.8 Å². The van der Waals surface area contributed by atoms with Crippen LogP contribution in [0, 0.1) is 5.92 Å². The molecular formula is C26H39N7O4. The van der Waals surface area contributed by atoms with Gasteiger partial charge < -0.3 is 24.4 Å². The number of hydrogen-bond donors (Lipinski definition) is 2. The number of carbonyl (C=O) groups excluding carboxylic acids is 2. The van der Waals surface area contributed by atoms with Crippen LogP contribution in [0.1, 0.15) is 75.0 Å². The fourth-order valence-corrected chi connectivity index (χ4v) is 5.82. The van der Waals surface area contributed by atoms with Gasteiger partial charge in [-0.25, -0.2) is 4.79 Å². The van der Waals surface area contributed by atoms with Gasteiger partial charge in [-0.15, -0.1) is 0 Å². The first-order chi connectivity index (χ1) is 17.7. The van der Waals surface area contributed by atoms with Crippen molar-refractivity contribution in [2.45, 2.75) is 78.0 Å². The van der Waals surface area contributed by atoms with Gasteiger partial charge in [0.15, 0.2) is 11.5 Å². The number of carbonyl (C=O) groups is 2. The summed E-state index contributed by atoms with van der Waals surface area (Å²) in [5.74, 6) is 1.35. The highest BCUT2D eigenvalue weighted by atomic mass is 16.5. The van der Waals surface area contributed by atoms with E-state index >= 15 is 0 Å². The Balaban J connectivity index is 1.26. The van der Waals surface area contributed by atoms with Crippen molar-refractivity contribution in [2.75, 3.05) is 38.2 Å². The van der Waals surface area contributed by atoms with Crippen molar-refractivity contribution in [1.29, 1.82) is 0 Å². The van der Waals surface area contributed by atoms with E-state index in [0.717, 1.165) is 50.4 Å². The van der Waals surface area contributed by atoms with Crippen LogP contribution in [-0.2, 0) is 23.2 Å². The van der Waals surface area contributed by atoms with E-state index in [1.807, 2.05) is 30.6 Å². The Labute approximate surface area is 217 Å². The molecule has 3 aliphatic rings. The molecule has 2 aromatic heterocycles. The third-order valence-electron chi connectivity index (χ3n) is 8.27. The summed E-state index contributed by atoms with van der Waals surface area (Å²) in [5, 5.41) is 14.1. The molecule has 2 N–H and O–H groups in total. The second kappa shape index (κ2) is 10.1. The number of fused-ring (bicyclic) bond motifs is 1. The molecule has 0 saturated carbocycles. The smallest absolute Gasteiger partial charge is 0.321 e. The molecule has 0 aliphatic carbocycles. The molecule has 0 aromatic carbocycles. The van der Waals surface area contributed by atoms with Gasteiger partial charge in [-0.2, -0.15) is 5.10 Å². The SMILES string of the molecule is CCc1cc(C(=O)Nc2n[nH]c3c2CN(C(=O)N2CC(C)N(CC4CCOCC4)C[C@@H]2C)C3(C)C)no1. The van der Waals surface area contributed by atoms with Gasteiger partial charge in [0, 0.05) is 63.0 Å². The molecule has 0 radical (unpaired) electrons. The minimum atomic E-state index is -0.589. The van der Waals surface area contributed by atoms with E-state index in [4.69, 9.17) is 9.26 Å². The molecular weight excluding hydrogens is 474 g/mol. The topological polar surface area (TPSA) is 120 Å². The number of amides is 3. The quantitative estimate of drug-likeness (QED) is 0.630. The zero-order valence-electron chi connectivity index (χ0n) is 22.5. The van der Waals surface area contributed by atoms with Crippen molar-refractivity contribution in [3.63, 3.8) is 0 Å². The third kappa shape index (κ3) is 4.86. The van der Waals surface area contributed by atoms with Crippen molar-refractivity contribution >= 4 is 17.8 Å². The third-order valence-corrected chi connectivity index (χ3v) is 8.27. The lowest BCUT2D eigenvalue weighted by Crippen LogP contribution is -2.62. The highest BCUT2D eigenvalue weighted by Crippen LogP contribution is 2.41. The standard InChI is InChI=1S/C26H39N7O4/c1-6-19-11-21(30-37-19)24(34)27-23-20-15-33(26(4,5)22(20)28-29-23)25(35)32-13-16(2)31(12-17(32)3)14-18-7-9-36-10-8-18/h11,16-18H,6-10,12-15H2,1-5H3,(H2,27,28,29,34)/t16?,17-/m0/s1. The number of hydrogen-bond acceptors (Lipinski definition) is 7. The van der Waals surface area contributed by atoms with Crippen LogP contribution < -0.4 is 5.32 Å². The number of nitrogens with one attached hydrogen (secondary N) is 2. The average Bonchev–Trinajstić information content (AvgIpc) is 3.58. The first-order valence-electron chi connectivity index (χ1n) is 13.4. The maximum atomic E-state index is 13.9. The Morgan fingerprint density at radius 2 is 1.95 bits per heavy atom. The Morgan fingerprint density at radius 1 is 1.19 bits per heavy atom. The molecule has 37 heavy (non-hydrogen) atoms. The van der Waals surface area contributed by atoms with E-state index in [-0.39, 0.29) is 23.7 Å². The molecule has 202 valence electrons. The van der Waals surface area contributed by atoms with Gasteiger partial charge in [-0.3, -0.25) is 14.8 Å². The number of aryl methyl sites for hydroxylation is 1. The molecule has 2 saturated heterocycles. The maximum Gasteiger partial charge on any atom is 0.321 e. The summed E-state index contributed by atoms with van der Waals surface area (Å²) in [6, 6.07) is 2.04. The minimum absolute atomic E-state index is 0.0148. The fraction of sp³-hybridized carbons (Fsp3) is 0.692. The number of anilines is 1. The first kappa shape index (κ1) is 25.7. The molecule has 3 aliphatic heterocycles. The number of nitrogens with zero attached hydrogens (tertiary/aromatic N) is 5. The molecule has 0 spiro atoms. The van der Waals surface area contributed by atoms with E-state index in [1.165, 1.54) is 0 Å². The van der Waals surface area contributed by atoms with Crippen LogP contribution in [0.2, 0.25) is 0 Å². The first-order valence-corrected chi connectivity index (χ1v) is 13.4. The van der Waals surface area contributed by atoms with Gasteiger partial charge in [0.1, 0.15) is 5.76 Å². The number of aromatic nitrogens is 3. The second-order valence-corrected chi connectivity index (χ2v) is 11.2. The maximum absolute atomic E-state index is 13.9. The fourth-order valence-electron chi connectivity index (χ4n) is 5.82. The van der Waals surface area contributed by atoms with Crippen LogP contribution in [0.25, 0.3) is 0 Å². The van der Waals surface area contributed by atoms with E-state index in [2.05, 4.69) is 39.4 Å². The number of ether oxygens (including phenoxy) is 1. The van der Waals surface area contributed by atoms with Crippen LogP contribution in [0.3, 0.4) is 0 Å². The van der Waals surface area contributed by atoms with Crippen molar-refractivity contribution in [3.05, 3.63) is 28.8 Å². The highest BCUT2D eigenvalue weighted by Gasteiger charge is 2.47. The van der Waals surface area contributed by atoms with Crippen molar-refractivity contribution in [3.8, 4) is 0 Å². The molecule has 5 heterocycles. The number of aromatic amines is 1. The Hall–Kier alpha value is -2.92. The lowest BCUT2D eigenvalue weighted by Gasteiger charge is -2.47. The minimum Gasteiger partial charge on any atom is -0.381 e. The summed E-state index contributed by atoms with van der Waals surface area (Å²) in [7, 11) is 0. The summed E-state index contributed by atoms with van der Waals surface area (Å²) in [6.07, 6.45) is 2.89. The van der Waals surface area contributed by atoms with E-state index in [0.29, 0.717) is 43.0 Å². The molecule has 11 heteroatoms. The lowest BCUT2D eigenvalue weighted by atomic mass is 9.97. The van der Waals surface area contributed by atoms with Gasteiger partial charge >= 0.3 is 6.03 Å². The van der Waals surface area contributed by atoms with Crippen LogP contribution >= 0.6 is 0 Å². The Kier molecular flexibility index (Phi) is 7.01. The summed E-state index contributed by atoms with van der Waals surface area (Å²) in [4.78, 5) is 33.1.